The lowest BCUT2D eigenvalue weighted by Crippen LogP contribution is -1.92. The first kappa shape index (κ1) is 33.5. The van der Waals surface area contributed by atoms with Gasteiger partial charge in [-0.3, -0.25) is 0 Å². The Morgan fingerprint density at radius 3 is 1.86 bits per heavy atom. The highest BCUT2D eigenvalue weighted by Crippen LogP contribution is 2.15. The molecule has 2 aromatic carbocycles. The molecule has 0 aliphatic rings. The molecule has 0 fully saturated rings. The zero-order valence-corrected chi connectivity index (χ0v) is 24.0. The molecule has 4 aromatic heterocycles. The number of nitrogens with two attached hydrogens (primary N) is 2. The highest BCUT2D eigenvalue weighted by molar-refractivity contribution is 14.1. The Kier molecular flexibility index (Phi) is 14.3. The number of anilines is 2. The standard InChI is InChI=1S/2C14H12N2.C5H5IN2.2CH4/c1-2-5-11(6-3-1)9-13-10-12-7-4-8-15-14(12)16-13;15-14-13(10-5-11-16-14)9-4-8-12-6-2-1-3-7-12;6-4-2-1-3-8-5(4)7;;/h1-8,10H,9H2,(H,15,16);1-3,5-7,10-11H,8H2,(H2,15,16);1-3H,(H2,7,8);2*1H4. The third kappa shape index (κ3) is 10.7. The molecule has 6 nitrogen and oxygen atoms in total. The van der Waals surface area contributed by atoms with Gasteiger partial charge in [-0.05, 0) is 76.2 Å². The molecule has 5 N–H and O–H groups in total. The van der Waals surface area contributed by atoms with Gasteiger partial charge in [-0.25, -0.2) is 15.0 Å². The molecular weight excluding hydrogens is 631 g/mol. The first-order chi connectivity index (χ1) is 19.6. The minimum atomic E-state index is 0. The number of benzene rings is 2. The molecule has 6 rings (SSSR count). The largest absolute Gasteiger partial charge is 0.383 e. The number of pyridine rings is 3. The van der Waals surface area contributed by atoms with E-state index < -0.39 is 0 Å². The monoisotopic (exact) mass is 668 g/mol. The summed E-state index contributed by atoms with van der Waals surface area (Å²) >= 11 is 2.14. The van der Waals surface area contributed by atoms with Crippen LogP contribution in [0, 0.1) is 15.4 Å². The van der Waals surface area contributed by atoms with E-state index in [-0.39, 0.29) is 14.9 Å². The Morgan fingerprint density at radius 1 is 0.667 bits per heavy atom. The Labute approximate surface area is 262 Å². The lowest BCUT2D eigenvalue weighted by molar-refractivity contribution is 1.11. The molecule has 0 amide bonds. The third-order valence-electron chi connectivity index (χ3n) is 5.67. The van der Waals surface area contributed by atoms with Crippen molar-refractivity contribution in [3.8, 4) is 11.8 Å². The first-order valence-corrected chi connectivity index (χ1v) is 13.7. The van der Waals surface area contributed by atoms with E-state index in [0.29, 0.717) is 11.6 Å². The van der Waals surface area contributed by atoms with Crippen LogP contribution in [0.15, 0.2) is 122 Å². The summed E-state index contributed by atoms with van der Waals surface area (Å²) in [6.45, 7) is 0. The minimum Gasteiger partial charge on any atom is -0.383 e. The highest BCUT2D eigenvalue weighted by Gasteiger charge is 2.01. The second kappa shape index (κ2) is 17.9. The molecule has 214 valence electrons. The van der Waals surface area contributed by atoms with Crippen LogP contribution in [0.4, 0.5) is 11.6 Å². The summed E-state index contributed by atoms with van der Waals surface area (Å²) in [4.78, 5) is 15.4. The van der Waals surface area contributed by atoms with Crippen LogP contribution in [0.2, 0.25) is 0 Å². The van der Waals surface area contributed by atoms with E-state index >= 15 is 0 Å². The van der Waals surface area contributed by atoms with Crippen molar-refractivity contribution >= 4 is 45.3 Å². The van der Waals surface area contributed by atoms with Crippen molar-refractivity contribution in [1.82, 2.24) is 19.9 Å². The van der Waals surface area contributed by atoms with Crippen molar-refractivity contribution in [2.45, 2.75) is 27.7 Å². The number of hydrogen-bond acceptors (Lipinski definition) is 5. The van der Waals surface area contributed by atoms with Gasteiger partial charge in [0.15, 0.2) is 0 Å². The number of nitrogen functional groups attached to an aromatic ring is 2. The number of halogens is 1. The van der Waals surface area contributed by atoms with E-state index in [0.717, 1.165) is 27.6 Å². The zero-order valence-electron chi connectivity index (χ0n) is 21.8. The van der Waals surface area contributed by atoms with Crippen LogP contribution in [0.5, 0.6) is 0 Å². The summed E-state index contributed by atoms with van der Waals surface area (Å²) in [6.07, 6.45) is 6.81. The van der Waals surface area contributed by atoms with Gasteiger partial charge >= 0.3 is 0 Å². The lowest BCUT2D eigenvalue weighted by atomic mass is 10.1. The van der Waals surface area contributed by atoms with E-state index in [1.165, 1.54) is 22.2 Å². The number of rotatable bonds is 3. The maximum Gasteiger partial charge on any atom is 0.139 e. The topological polar surface area (TPSA) is 106 Å². The second-order valence-electron chi connectivity index (χ2n) is 8.67. The van der Waals surface area contributed by atoms with Crippen LogP contribution in [0.1, 0.15) is 37.2 Å². The average Bonchev–Trinajstić information content (AvgIpc) is 3.40. The number of nitrogens with zero attached hydrogens (tertiary/aromatic N) is 3. The summed E-state index contributed by atoms with van der Waals surface area (Å²) in [6, 6.07) is 34.3. The molecule has 0 radical (unpaired) electrons. The van der Waals surface area contributed by atoms with Crippen LogP contribution in [-0.2, 0) is 12.8 Å². The maximum atomic E-state index is 5.69. The molecule has 0 spiro atoms. The van der Waals surface area contributed by atoms with Crippen LogP contribution in [0.3, 0.4) is 0 Å². The molecule has 0 atom stereocenters. The van der Waals surface area contributed by atoms with Gasteiger partial charge in [0.1, 0.15) is 17.3 Å². The predicted molar refractivity (Wildman–Crippen MR) is 186 cm³/mol. The first-order valence-electron chi connectivity index (χ1n) is 12.6. The van der Waals surface area contributed by atoms with Crippen LogP contribution in [0.25, 0.3) is 11.0 Å². The Hall–Kier alpha value is -4.68. The summed E-state index contributed by atoms with van der Waals surface area (Å²) in [5.41, 5.74) is 16.6. The molecule has 0 aliphatic heterocycles. The number of hydrogen-bond donors (Lipinski definition) is 3. The van der Waals surface area contributed by atoms with E-state index in [4.69, 9.17) is 11.5 Å². The van der Waals surface area contributed by atoms with Gasteiger partial charge in [0.05, 0.1) is 9.13 Å². The number of aromatic amines is 1. The zero-order chi connectivity index (χ0) is 28.0. The van der Waals surface area contributed by atoms with Crippen molar-refractivity contribution in [3.63, 3.8) is 0 Å². The second-order valence-corrected chi connectivity index (χ2v) is 9.83. The van der Waals surface area contributed by atoms with Gasteiger partial charge in [-0.2, -0.15) is 0 Å². The van der Waals surface area contributed by atoms with E-state index in [1.54, 1.807) is 12.4 Å². The summed E-state index contributed by atoms with van der Waals surface area (Å²) in [5.74, 6) is 7.21. The number of H-pyrrole nitrogens is 1. The van der Waals surface area contributed by atoms with Crippen LogP contribution >= 0.6 is 22.6 Å². The number of aromatic nitrogens is 4. The Balaban J connectivity index is 0.000000227. The SMILES string of the molecule is C.C.Nc1ncccc1C#CCc1ccccc1.Nc1ncccc1I.c1ccc(Cc2cc3cccnc3[nH]2)cc1. The van der Waals surface area contributed by atoms with Gasteiger partial charge in [0.2, 0.25) is 0 Å². The quantitative estimate of drug-likeness (QED) is 0.131. The fourth-order valence-corrected chi connectivity index (χ4v) is 4.03. The fraction of sp³-hybridized carbons (Fsp3) is 0.114. The lowest BCUT2D eigenvalue weighted by Gasteiger charge is -1.97. The van der Waals surface area contributed by atoms with Gasteiger partial charge in [0.25, 0.3) is 0 Å². The summed E-state index contributed by atoms with van der Waals surface area (Å²) in [5, 5.41) is 1.17. The molecule has 0 aliphatic carbocycles. The van der Waals surface area contributed by atoms with E-state index in [2.05, 4.69) is 103 Å². The van der Waals surface area contributed by atoms with Crippen molar-refractivity contribution in [2.24, 2.45) is 0 Å². The molecule has 7 heteroatoms. The van der Waals surface area contributed by atoms with Crippen molar-refractivity contribution in [2.75, 3.05) is 11.5 Å². The Morgan fingerprint density at radius 2 is 1.26 bits per heavy atom. The summed E-state index contributed by atoms with van der Waals surface area (Å²) < 4.78 is 1.00. The molecule has 0 unspecified atom stereocenters. The summed E-state index contributed by atoms with van der Waals surface area (Å²) in [7, 11) is 0. The molecule has 0 saturated carbocycles. The molecule has 0 saturated heterocycles. The Bertz CT molecular complexity index is 1640. The molecule has 4 heterocycles. The predicted octanol–water partition coefficient (Wildman–Crippen LogP) is 7.95. The van der Waals surface area contributed by atoms with Crippen LogP contribution in [-0.4, -0.2) is 19.9 Å². The smallest absolute Gasteiger partial charge is 0.139 e. The van der Waals surface area contributed by atoms with Crippen molar-refractivity contribution in [3.05, 3.63) is 148 Å². The molecule has 42 heavy (non-hydrogen) atoms. The molecule has 6 aromatic rings. The minimum absolute atomic E-state index is 0. The van der Waals surface area contributed by atoms with Gasteiger partial charge in [-0.15, -0.1) is 0 Å². The fourth-order valence-electron chi connectivity index (χ4n) is 3.68. The van der Waals surface area contributed by atoms with Crippen LogP contribution < -0.4 is 11.5 Å². The van der Waals surface area contributed by atoms with E-state index in [9.17, 15) is 0 Å². The van der Waals surface area contributed by atoms with Gasteiger partial charge < -0.3 is 16.5 Å². The highest BCUT2D eigenvalue weighted by atomic mass is 127. The molecule has 0 bridgehead atoms. The van der Waals surface area contributed by atoms with Gasteiger partial charge in [-0.1, -0.05) is 87.4 Å². The normalized spacial score (nSPS) is 9.36. The van der Waals surface area contributed by atoms with E-state index in [1.807, 2.05) is 60.8 Å². The third-order valence-corrected chi connectivity index (χ3v) is 6.58. The van der Waals surface area contributed by atoms with Crippen molar-refractivity contribution < 1.29 is 0 Å². The average molecular weight is 669 g/mol. The maximum absolute atomic E-state index is 5.69. The van der Waals surface area contributed by atoms with Crippen molar-refractivity contribution in [1.29, 1.82) is 0 Å². The number of fused-ring (bicyclic) bond motifs is 1. The molecular formula is C35H37IN6. The number of nitrogens with one attached hydrogen (secondary N) is 1. The van der Waals surface area contributed by atoms with Gasteiger partial charge in [0, 0.05) is 42.5 Å².